The van der Waals surface area contributed by atoms with Crippen LogP contribution in [0.2, 0.25) is 0 Å². The lowest BCUT2D eigenvalue weighted by Gasteiger charge is -2.44. The normalized spacial score (nSPS) is 21.0. The molecule has 1 aliphatic carbocycles. The van der Waals surface area contributed by atoms with E-state index in [1.54, 1.807) is 7.11 Å². The number of nitrogens with one attached hydrogen (secondary N) is 1. The summed E-state index contributed by atoms with van der Waals surface area (Å²) >= 11 is 0. The van der Waals surface area contributed by atoms with E-state index >= 15 is 0 Å². The Morgan fingerprint density at radius 3 is 2.59 bits per heavy atom. The van der Waals surface area contributed by atoms with Gasteiger partial charge >= 0.3 is 0 Å². The Labute approximate surface area is 201 Å². The highest BCUT2D eigenvalue weighted by atomic mass is 16.5. The fourth-order valence-electron chi connectivity index (χ4n) is 5.53. The molecule has 1 aliphatic heterocycles. The van der Waals surface area contributed by atoms with Crippen molar-refractivity contribution in [1.82, 2.24) is 15.4 Å². The predicted octanol–water partition coefficient (Wildman–Crippen LogP) is 3.01. The Morgan fingerprint density at radius 1 is 1.21 bits per heavy atom. The number of aromatic nitrogens is 1. The smallest absolute Gasteiger partial charge is 0.227 e. The van der Waals surface area contributed by atoms with Crippen molar-refractivity contribution in [2.75, 3.05) is 33.4 Å². The highest BCUT2D eigenvalue weighted by Gasteiger charge is 2.54. The molecule has 1 saturated heterocycles. The molecule has 1 spiro atoms. The van der Waals surface area contributed by atoms with Crippen LogP contribution in [-0.4, -0.2) is 61.4 Å². The topological polar surface area (TPSA) is 93.9 Å². The maximum absolute atomic E-state index is 13.1. The van der Waals surface area contributed by atoms with Gasteiger partial charge in [0.1, 0.15) is 5.76 Å². The molecular formula is C26H35N3O5. The van der Waals surface area contributed by atoms with Crippen LogP contribution in [-0.2, 0) is 30.9 Å². The first-order valence-corrected chi connectivity index (χ1v) is 12.1. The highest BCUT2D eigenvalue weighted by Crippen LogP contribution is 2.52. The van der Waals surface area contributed by atoms with Gasteiger partial charge < -0.3 is 24.2 Å². The average Bonchev–Trinajstić information content (AvgIpc) is 3.29. The molecule has 34 heavy (non-hydrogen) atoms. The molecule has 0 saturated carbocycles. The molecule has 2 atom stereocenters. The number of fused-ring (bicyclic) bond motifs is 2. The molecule has 0 bridgehead atoms. The number of nitrogens with zero attached hydrogens (tertiary/aromatic N) is 2. The van der Waals surface area contributed by atoms with E-state index in [1.807, 2.05) is 37.8 Å². The quantitative estimate of drug-likeness (QED) is 0.598. The molecule has 1 aromatic carbocycles. The van der Waals surface area contributed by atoms with Crippen molar-refractivity contribution in [2.24, 2.45) is 0 Å². The minimum absolute atomic E-state index is 0.00395. The third-order valence-electron chi connectivity index (χ3n) is 7.42. The third-order valence-corrected chi connectivity index (χ3v) is 7.42. The molecule has 0 radical (unpaired) electrons. The minimum atomic E-state index is -0.268. The van der Waals surface area contributed by atoms with E-state index in [1.165, 1.54) is 5.56 Å². The minimum Gasteiger partial charge on any atom is -0.382 e. The number of amides is 2. The molecule has 184 valence electrons. The van der Waals surface area contributed by atoms with Crippen molar-refractivity contribution in [3.05, 3.63) is 52.4 Å². The van der Waals surface area contributed by atoms with E-state index < -0.39 is 0 Å². The van der Waals surface area contributed by atoms with Crippen LogP contribution in [0.1, 0.15) is 60.4 Å². The van der Waals surface area contributed by atoms with Crippen molar-refractivity contribution >= 4 is 11.8 Å². The maximum Gasteiger partial charge on any atom is 0.227 e. The Morgan fingerprint density at radius 2 is 1.94 bits per heavy atom. The molecule has 8 heteroatoms. The largest absolute Gasteiger partial charge is 0.382 e. The van der Waals surface area contributed by atoms with Crippen LogP contribution in [0.15, 0.2) is 28.8 Å². The number of rotatable bonds is 8. The first-order chi connectivity index (χ1) is 16.4. The van der Waals surface area contributed by atoms with Gasteiger partial charge in [-0.3, -0.25) is 9.59 Å². The van der Waals surface area contributed by atoms with Crippen molar-refractivity contribution in [1.29, 1.82) is 0 Å². The van der Waals surface area contributed by atoms with Crippen LogP contribution in [0.4, 0.5) is 0 Å². The van der Waals surface area contributed by atoms with Crippen LogP contribution in [0, 0.1) is 13.8 Å². The first-order valence-electron chi connectivity index (χ1n) is 12.1. The number of benzene rings is 1. The number of ether oxygens (including phenoxy) is 2. The van der Waals surface area contributed by atoms with E-state index in [2.05, 4.69) is 22.6 Å². The standard InChI is InChI=1S/C26H35N3O5/c1-5-22(30)27-24-19-8-6-7-9-21(19)26(25(24)33-15-14-32-4)10-12-29(13-11-26)23(31)16-20-17(2)28-34-18(20)3/h6-9,24-25H,5,10-16H2,1-4H3,(H,27,30)/t24-,25+/m0/s1. The molecule has 0 unspecified atom stereocenters. The van der Waals surface area contributed by atoms with E-state index in [0.29, 0.717) is 44.9 Å². The number of carbonyl (C=O) groups is 2. The van der Waals surface area contributed by atoms with Crippen molar-refractivity contribution in [2.45, 2.75) is 64.0 Å². The predicted molar refractivity (Wildman–Crippen MR) is 126 cm³/mol. The number of piperidine rings is 1. The van der Waals surface area contributed by atoms with Gasteiger partial charge in [0.2, 0.25) is 11.8 Å². The second-order valence-electron chi connectivity index (χ2n) is 9.29. The molecule has 2 aromatic rings. The lowest BCUT2D eigenvalue weighted by Crippen LogP contribution is -2.52. The Balaban J connectivity index is 1.57. The Bertz CT molecular complexity index is 1010. The molecule has 4 rings (SSSR count). The number of carbonyl (C=O) groups excluding carboxylic acids is 2. The molecular weight excluding hydrogens is 434 g/mol. The fourth-order valence-corrected chi connectivity index (χ4v) is 5.53. The third kappa shape index (κ3) is 4.49. The number of aryl methyl sites for hydroxylation is 2. The van der Waals surface area contributed by atoms with Crippen LogP contribution in [0.3, 0.4) is 0 Å². The van der Waals surface area contributed by atoms with Crippen LogP contribution >= 0.6 is 0 Å². The number of likely N-dealkylation sites (tertiary alicyclic amines) is 1. The van der Waals surface area contributed by atoms with E-state index in [9.17, 15) is 9.59 Å². The molecule has 1 aromatic heterocycles. The summed E-state index contributed by atoms with van der Waals surface area (Å²) in [6, 6.07) is 8.09. The van der Waals surface area contributed by atoms with Crippen molar-refractivity contribution < 1.29 is 23.6 Å². The average molecular weight is 470 g/mol. The van der Waals surface area contributed by atoms with E-state index in [4.69, 9.17) is 14.0 Å². The number of methoxy groups -OCH3 is 1. The van der Waals surface area contributed by atoms with Crippen molar-refractivity contribution in [3.8, 4) is 0 Å². The van der Waals surface area contributed by atoms with Gasteiger partial charge in [-0.25, -0.2) is 0 Å². The van der Waals surface area contributed by atoms with Gasteiger partial charge in [-0.2, -0.15) is 0 Å². The van der Waals surface area contributed by atoms with Crippen LogP contribution < -0.4 is 5.32 Å². The second kappa shape index (κ2) is 10.3. The monoisotopic (exact) mass is 469 g/mol. The Kier molecular flexibility index (Phi) is 7.38. The van der Waals surface area contributed by atoms with Gasteiger partial charge in [0.15, 0.2) is 0 Å². The molecule has 8 nitrogen and oxygen atoms in total. The Hall–Kier alpha value is -2.71. The molecule has 2 aliphatic rings. The number of hydrogen-bond acceptors (Lipinski definition) is 6. The van der Waals surface area contributed by atoms with Gasteiger partial charge in [-0.1, -0.05) is 36.3 Å². The summed E-state index contributed by atoms with van der Waals surface area (Å²) in [7, 11) is 1.65. The summed E-state index contributed by atoms with van der Waals surface area (Å²) in [5.74, 6) is 0.789. The second-order valence-corrected chi connectivity index (χ2v) is 9.29. The first kappa shape index (κ1) is 24.4. The van der Waals surface area contributed by atoms with Gasteiger partial charge in [-0.05, 0) is 37.8 Å². The zero-order chi connectivity index (χ0) is 24.3. The van der Waals surface area contributed by atoms with Gasteiger partial charge in [0, 0.05) is 37.6 Å². The summed E-state index contributed by atoms with van der Waals surface area (Å²) in [4.78, 5) is 27.5. The molecule has 2 heterocycles. The summed E-state index contributed by atoms with van der Waals surface area (Å²) in [6.45, 7) is 7.77. The van der Waals surface area contributed by atoms with Crippen molar-refractivity contribution in [3.63, 3.8) is 0 Å². The van der Waals surface area contributed by atoms with Crippen LogP contribution in [0.5, 0.6) is 0 Å². The summed E-state index contributed by atoms with van der Waals surface area (Å²) < 4.78 is 16.9. The molecule has 1 fully saturated rings. The van der Waals surface area contributed by atoms with Gasteiger partial charge in [0.05, 0.1) is 37.5 Å². The lowest BCUT2D eigenvalue weighted by atomic mass is 9.71. The summed E-state index contributed by atoms with van der Waals surface area (Å²) in [5, 5.41) is 7.18. The van der Waals surface area contributed by atoms with E-state index in [-0.39, 0.29) is 29.4 Å². The number of hydrogen-bond donors (Lipinski definition) is 1. The molecule has 1 N–H and O–H groups in total. The zero-order valence-electron chi connectivity index (χ0n) is 20.6. The fraction of sp³-hybridized carbons (Fsp3) is 0.577. The zero-order valence-corrected chi connectivity index (χ0v) is 20.6. The highest BCUT2D eigenvalue weighted by molar-refractivity contribution is 5.79. The SMILES string of the molecule is CCC(=O)N[C@H]1c2ccccc2C2(CCN(C(=O)Cc3c(C)noc3C)CC2)[C@@H]1OCCOC. The molecule has 2 amide bonds. The lowest BCUT2D eigenvalue weighted by molar-refractivity contribution is -0.133. The van der Waals surface area contributed by atoms with Gasteiger partial charge in [-0.15, -0.1) is 0 Å². The maximum atomic E-state index is 13.1. The summed E-state index contributed by atoms with van der Waals surface area (Å²) in [5.41, 5.74) is 3.71. The van der Waals surface area contributed by atoms with E-state index in [0.717, 1.165) is 29.7 Å². The van der Waals surface area contributed by atoms with Gasteiger partial charge in [0.25, 0.3) is 0 Å². The summed E-state index contributed by atoms with van der Waals surface area (Å²) in [6.07, 6.45) is 2.05. The van der Waals surface area contributed by atoms with Crippen LogP contribution in [0.25, 0.3) is 0 Å².